The van der Waals surface area contributed by atoms with Crippen molar-refractivity contribution in [2.75, 3.05) is 0 Å². The van der Waals surface area contributed by atoms with Crippen LogP contribution in [0.1, 0.15) is 16.8 Å². The predicted molar refractivity (Wildman–Crippen MR) is 87.4 cm³/mol. The Hall–Kier alpha value is -2.95. The van der Waals surface area contributed by atoms with Crippen molar-refractivity contribution in [1.82, 2.24) is 14.8 Å². The van der Waals surface area contributed by atoms with E-state index in [1.807, 2.05) is 56.3 Å². The highest BCUT2D eigenvalue weighted by Gasteiger charge is 2.10. The van der Waals surface area contributed by atoms with Crippen LogP contribution >= 0.6 is 0 Å². The van der Waals surface area contributed by atoms with Gasteiger partial charge in [0.25, 0.3) is 5.56 Å². The SMILES string of the molecule is Cc1ccc(N=Cc2c(C)[nH]n(-c3ccccc3)c2=O)nc1. The summed E-state index contributed by atoms with van der Waals surface area (Å²) < 4.78 is 1.51. The van der Waals surface area contributed by atoms with Gasteiger partial charge in [0.1, 0.15) is 0 Å². The number of nitrogens with one attached hydrogen (secondary N) is 1. The van der Waals surface area contributed by atoms with E-state index in [0.29, 0.717) is 11.4 Å². The highest BCUT2D eigenvalue weighted by atomic mass is 16.1. The molecule has 0 saturated carbocycles. The quantitative estimate of drug-likeness (QED) is 0.754. The smallest absolute Gasteiger partial charge is 0.280 e. The molecule has 1 N–H and O–H groups in total. The van der Waals surface area contributed by atoms with Crippen LogP contribution in [0.25, 0.3) is 5.69 Å². The van der Waals surface area contributed by atoms with Crippen molar-refractivity contribution < 1.29 is 0 Å². The second-order valence-electron chi connectivity index (χ2n) is 5.08. The topological polar surface area (TPSA) is 63.0 Å². The predicted octanol–water partition coefficient (Wildman–Crippen LogP) is 2.93. The van der Waals surface area contributed by atoms with Gasteiger partial charge in [0.05, 0.1) is 11.3 Å². The fourth-order valence-corrected chi connectivity index (χ4v) is 2.14. The van der Waals surface area contributed by atoms with E-state index in [9.17, 15) is 4.79 Å². The number of hydrogen-bond donors (Lipinski definition) is 1. The molecule has 5 heteroatoms. The second kappa shape index (κ2) is 5.81. The van der Waals surface area contributed by atoms with Crippen molar-refractivity contribution in [3.63, 3.8) is 0 Å². The van der Waals surface area contributed by atoms with Crippen molar-refractivity contribution in [2.24, 2.45) is 4.99 Å². The molecule has 0 radical (unpaired) electrons. The van der Waals surface area contributed by atoms with Gasteiger partial charge in [-0.1, -0.05) is 24.3 Å². The summed E-state index contributed by atoms with van der Waals surface area (Å²) in [6.45, 7) is 3.82. The van der Waals surface area contributed by atoms with Crippen LogP contribution in [-0.2, 0) is 0 Å². The molecule has 0 spiro atoms. The molecule has 0 aliphatic rings. The van der Waals surface area contributed by atoms with Gasteiger partial charge in [-0.25, -0.2) is 14.7 Å². The van der Waals surface area contributed by atoms with E-state index in [2.05, 4.69) is 15.1 Å². The first kappa shape index (κ1) is 14.0. The Morgan fingerprint density at radius 2 is 1.91 bits per heavy atom. The van der Waals surface area contributed by atoms with Crippen LogP contribution in [0.15, 0.2) is 58.4 Å². The number of hydrogen-bond acceptors (Lipinski definition) is 3. The number of aliphatic imine (C=N–C) groups is 1. The van der Waals surface area contributed by atoms with Crippen molar-refractivity contribution in [2.45, 2.75) is 13.8 Å². The molecule has 110 valence electrons. The number of benzene rings is 1. The van der Waals surface area contributed by atoms with E-state index in [1.165, 1.54) is 4.68 Å². The summed E-state index contributed by atoms with van der Waals surface area (Å²) in [5.41, 5.74) is 3.04. The third kappa shape index (κ3) is 2.74. The Morgan fingerprint density at radius 1 is 1.14 bits per heavy atom. The lowest BCUT2D eigenvalue weighted by atomic mass is 10.3. The van der Waals surface area contributed by atoms with Gasteiger partial charge in [-0.2, -0.15) is 0 Å². The largest absolute Gasteiger partial charge is 0.295 e. The first-order valence-electron chi connectivity index (χ1n) is 6.99. The Bertz CT molecular complexity index is 858. The molecule has 3 aromatic rings. The van der Waals surface area contributed by atoms with Gasteiger partial charge in [0.15, 0.2) is 5.82 Å². The van der Waals surface area contributed by atoms with Crippen LogP contribution in [0.3, 0.4) is 0 Å². The maximum absolute atomic E-state index is 12.5. The lowest BCUT2D eigenvalue weighted by molar-refractivity contribution is 0.835. The molecule has 3 rings (SSSR count). The number of aryl methyl sites for hydroxylation is 2. The first-order valence-corrected chi connectivity index (χ1v) is 6.99. The third-order valence-electron chi connectivity index (χ3n) is 3.35. The molecule has 5 nitrogen and oxygen atoms in total. The lowest BCUT2D eigenvalue weighted by Crippen LogP contribution is -2.17. The molecule has 2 aromatic heterocycles. The summed E-state index contributed by atoms with van der Waals surface area (Å²) >= 11 is 0. The standard InChI is InChI=1S/C17H16N4O/c1-12-8-9-16(18-10-12)19-11-15-13(2)20-21(17(15)22)14-6-4-3-5-7-14/h3-11,20H,1-2H3. The molecule has 0 amide bonds. The summed E-state index contributed by atoms with van der Waals surface area (Å²) in [5.74, 6) is 0.580. The van der Waals surface area contributed by atoms with Gasteiger partial charge in [0, 0.05) is 18.1 Å². The zero-order valence-electron chi connectivity index (χ0n) is 12.4. The number of aromatic amines is 1. The van der Waals surface area contributed by atoms with Gasteiger partial charge >= 0.3 is 0 Å². The molecule has 0 atom stereocenters. The minimum Gasteiger partial charge on any atom is -0.295 e. The van der Waals surface area contributed by atoms with Gasteiger partial charge in [-0.05, 0) is 37.6 Å². The van der Waals surface area contributed by atoms with E-state index < -0.39 is 0 Å². The zero-order chi connectivity index (χ0) is 15.5. The van der Waals surface area contributed by atoms with Crippen molar-refractivity contribution in [1.29, 1.82) is 0 Å². The number of aromatic nitrogens is 3. The van der Waals surface area contributed by atoms with Crippen molar-refractivity contribution in [3.8, 4) is 5.69 Å². The van der Waals surface area contributed by atoms with E-state index in [1.54, 1.807) is 12.4 Å². The lowest BCUT2D eigenvalue weighted by Gasteiger charge is -1.99. The van der Waals surface area contributed by atoms with Gasteiger partial charge < -0.3 is 0 Å². The van der Waals surface area contributed by atoms with Crippen LogP contribution in [0.4, 0.5) is 5.82 Å². The molecule has 1 aromatic carbocycles. The van der Waals surface area contributed by atoms with Crippen molar-refractivity contribution >= 4 is 12.0 Å². The molecule has 0 fully saturated rings. The highest BCUT2D eigenvalue weighted by molar-refractivity contribution is 5.82. The van der Waals surface area contributed by atoms with Crippen molar-refractivity contribution in [3.05, 3.63) is 75.8 Å². The minimum atomic E-state index is -0.125. The molecule has 0 aliphatic carbocycles. The summed E-state index contributed by atoms with van der Waals surface area (Å²) in [7, 11) is 0. The molecule has 0 aliphatic heterocycles. The van der Waals surface area contributed by atoms with E-state index in [-0.39, 0.29) is 5.56 Å². The van der Waals surface area contributed by atoms with Crippen LogP contribution in [0.5, 0.6) is 0 Å². The number of para-hydroxylation sites is 1. The maximum Gasteiger partial charge on any atom is 0.280 e. The van der Waals surface area contributed by atoms with Gasteiger partial charge in [-0.15, -0.1) is 0 Å². The third-order valence-corrected chi connectivity index (χ3v) is 3.35. The molecular formula is C17H16N4O. The molecular weight excluding hydrogens is 276 g/mol. The zero-order valence-corrected chi connectivity index (χ0v) is 12.4. The Morgan fingerprint density at radius 3 is 2.59 bits per heavy atom. The second-order valence-corrected chi connectivity index (χ2v) is 5.08. The van der Waals surface area contributed by atoms with Crippen LogP contribution in [-0.4, -0.2) is 21.0 Å². The van der Waals surface area contributed by atoms with Crippen LogP contribution in [0.2, 0.25) is 0 Å². The van der Waals surface area contributed by atoms with Crippen LogP contribution < -0.4 is 5.56 Å². The number of rotatable bonds is 3. The van der Waals surface area contributed by atoms with Gasteiger partial charge in [0.2, 0.25) is 0 Å². The van der Waals surface area contributed by atoms with E-state index in [4.69, 9.17) is 0 Å². The highest BCUT2D eigenvalue weighted by Crippen LogP contribution is 2.09. The summed E-state index contributed by atoms with van der Waals surface area (Å²) in [6, 6.07) is 13.2. The Kier molecular flexibility index (Phi) is 3.70. The average Bonchev–Trinajstić information content (AvgIpc) is 2.82. The normalized spacial score (nSPS) is 11.2. The summed E-state index contributed by atoms with van der Waals surface area (Å²) in [4.78, 5) is 21.0. The first-order chi connectivity index (χ1) is 10.6. The fourth-order valence-electron chi connectivity index (χ4n) is 2.14. The maximum atomic E-state index is 12.5. The molecule has 2 heterocycles. The minimum absolute atomic E-state index is 0.125. The van der Waals surface area contributed by atoms with E-state index >= 15 is 0 Å². The van der Waals surface area contributed by atoms with Crippen LogP contribution in [0, 0.1) is 13.8 Å². The monoisotopic (exact) mass is 292 g/mol. The molecule has 22 heavy (non-hydrogen) atoms. The number of pyridine rings is 1. The summed E-state index contributed by atoms with van der Waals surface area (Å²) in [5, 5.41) is 3.07. The molecule has 0 saturated heterocycles. The molecule has 0 unspecified atom stereocenters. The van der Waals surface area contributed by atoms with Gasteiger partial charge in [-0.3, -0.25) is 9.89 Å². The Labute approximate surface area is 128 Å². The number of H-pyrrole nitrogens is 1. The Balaban J connectivity index is 1.97. The number of nitrogens with zero attached hydrogens (tertiary/aromatic N) is 3. The average molecular weight is 292 g/mol. The summed E-state index contributed by atoms with van der Waals surface area (Å²) in [6.07, 6.45) is 3.31. The molecule has 0 bridgehead atoms. The fraction of sp³-hybridized carbons (Fsp3) is 0.118. The van der Waals surface area contributed by atoms with E-state index in [0.717, 1.165) is 16.9 Å².